The molecule has 0 radical (unpaired) electrons. The van der Waals surface area contributed by atoms with E-state index in [2.05, 4.69) is 5.32 Å². The van der Waals surface area contributed by atoms with E-state index in [0.717, 1.165) is 0 Å². The van der Waals surface area contributed by atoms with Gasteiger partial charge in [0, 0.05) is 0 Å². The smallest absolute Gasteiger partial charge is 0.260 e. The molecule has 0 aliphatic rings. The molecule has 0 aliphatic carbocycles. The number of hydrogen-bond acceptors (Lipinski definition) is 3. The van der Waals surface area contributed by atoms with Gasteiger partial charge in [0.25, 0.3) is 11.8 Å². The number of para-hydroxylation sites is 1. The minimum Gasteiger partial charge on any atom is -0.496 e. The van der Waals surface area contributed by atoms with E-state index in [1.54, 1.807) is 36.4 Å². The van der Waals surface area contributed by atoms with Crippen LogP contribution in [0.5, 0.6) is 5.75 Å². The van der Waals surface area contributed by atoms with Crippen molar-refractivity contribution in [1.82, 2.24) is 0 Å². The Kier molecular flexibility index (Phi) is 4.45. The van der Waals surface area contributed by atoms with Gasteiger partial charge >= 0.3 is 0 Å². The Bertz CT molecular complexity index is 701. The number of amides is 2. The molecular formula is C15H13ClN2O3. The predicted octanol–water partition coefficient (Wildman–Crippen LogP) is 2.70. The van der Waals surface area contributed by atoms with Crippen LogP contribution in [0.25, 0.3) is 0 Å². The van der Waals surface area contributed by atoms with Gasteiger partial charge in [-0.1, -0.05) is 29.8 Å². The molecule has 0 bridgehead atoms. The first-order valence-corrected chi connectivity index (χ1v) is 6.45. The van der Waals surface area contributed by atoms with Gasteiger partial charge in [0.2, 0.25) is 0 Å². The van der Waals surface area contributed by atoms with Gasteiger partial charge in [0.05, 0.1) is 23.4 Å². The Morgan fingerprint density at radius 2 is 1.86 bits per heavy atom. The first-order chi connectivity index (χ1) is 10.0. The third-order valence-electron chi connectivity index (χ3n) is 2.86. The van der Waals surface area contributed by atoms with Gasteiger partial charge in [-0.05, 0) is 24.3 Å². The van der Waals surface area contributed by atoms with Crippen LogP contribution in [-0.2, 0) is 0 Å². The van der Waals surface area contributed by atoms with Gasteiger partial charge in [-0.3, -0.25) is 9.59 Å². The van der Waals surface area contributed by atoms with Crippen LogP contribution in [0, 0.1) is 0 Å². The zero-order chi connectivity index (χ0) is 15.4. The Morgan fingerprint density at radius 3 is 2.52 bits per heavy atom. The third-order valence-corrected chi connectivity index (χ3v) is 3.18. The lowest BCUT2D eigenvalue weighted by Crippen LogP contribution is -2.19. The summed E-state index contributed by atoms with van der Waals surface area (Å²) in [5.74, 6) is -0.764. The van der Waals surface area contributed by atoms with E-state index >= 15 is 0 Å². The molecule has 0 fully saturated rings. The van der Waals surface area contributed by atoms with Crippen LogP contribution in [0.15, 0.2) is 42.5 Å². The van der Waals surface area contributed by atoms with Crippen LogP contribution < -0.4 is 15.8 Å². The van der Waals surface area contributed by atoms with Gasteiger partial charge in [-0.25, -0.2) is 0 Å². The lowest BCUT2D eigenvalue weighted by atomic mass is 10.1. The second-order valence-electron chi connectivity index (χ2n) is 4.18. The summed E-state index contributed by atoms with van der Waals surface area (Å²) in [6.45, 7) is 0. The first kappa shape index (κ1) is 14.9. The molecule has 0 unspecified atom stereocenters. The van der Waals surface area contributed by atoms with Crippen molar-refractivity contribution in [2.75, 3.05) is 12.4 Å². The van der Waals surface area contributed by atoms with E-state index in [1.807, 2.05) is 0 Å². The number of anilines is 1. The van der Waals surface area contributed by atoms with Crippen LogP contribution in [-0.4, -0.2) is 18.9 Å². The molecule has 2 aromatic rings. The highest BCUT2D eigenvalue weighted by atomic mass is 35.5. The van der Waals surface area contributed by atoms with E-state index in [-0.39, 0.29) is 16.1 Å². The van der Waals surface area contributed by atoms with Crippen molar-refractivity contribution in [3.05, 3.63) is 58.6 Å². The quantitative estimate of drug-likeness (QED) is 0.911. The fraction of sp³-hybridized carbons (Fsp3) is 0.0667. The largest absolute Gasteiger partial charge is 0.496 e. The van der Waals surface area contributed by atoms with Crippen molar-refractivity contribution >= 4 is 29.1 Å². The van der Waals surface area contributed by atoms with Crippen LogP contribution in [0.3, 0.4) is 0 Å². The number of rotatable bonds is 4. The van der Waals surface area contributed by atoms with Crippen LogP contribution in [0.2, 0.25) is 5.02 Å². The van der Waals surface area contributed by atoms with Gasteiger partial charge < -0.3 is 15.8 Å². The Morgan fingerprint density at radius 1 is 1.14 bits per heavy atom. The average Bonchev–Trinajstić information content (AvgIpc) is 2.47. The number of nitrogens with one attached hydrogen (secondary N) is 1. The van der Waals surface area contributed by atoms with E-state index in [0.29, 0.717) is 11.4 Å². The summed E-state index contributed by atoms with van der Waals surface area (Å²) in [6, 6.07) is 11.3. The maximum absolute atomic E-state index is 12.4. The molecule has 2 rings (SSSR count). The maximum atomic E-state index is 12.4. The molecule has 0 atom stereocenters. The summed E-state index contributed by atoms with van der Waals surface area (Å²) >= 11 is 6.04. The zero-order valence-corrected chi connectivity index (χ0v) is 12.0. The lowest BCUT2D eigenvalue weighted by Gasteiger charge is -2.12. The van der Waals surface area contributed by atoms with Crippen molar-refractivity contribution in [1.29, 1.82) is 0 Å². The Labute approximate surface area is 126 Å². The van der Waals surface area contributed by atoms with Crippen molar-refractivity contribution in [3.8, 4) is 5.75 Å². The highest BCUT2D eigenvalue weighted by molar-refractivity contribution is 6.35. The SMILES string of the molecule is COc1cccc(Cl)c1C(=O)Nc1ccccc1C(N)=O. The van der Waals surface area contributed by atoms with Crippen molar-refractivity contribution in [3.63, 3.8) is 0 Å². The molecule has 0 saturated carbocycles. The monoisotopic (exact) mass is 304 g/mol. The van der Waals surface area contributed by atoms with Gasteiger partial charge in [0.15, 0.2) is 0 Å². The standard InChI is InChI=1S/C15H13ClN2O3/c1-21-12-8-4-6-10(16)13(12)15(20)18-11-7-3-2-5-9(11)14(17)19/h2-8H,1H3,(H2,17,19)(H,18,20). The molecule has 0 spiro atoms. The summed E-state index contributed by atoms with van der Waals surface area (Å²) in [7, 11) is 1.44. The molecule has 0 heterocycles. The van der Waals surface area contributed by atoms with Gasteiger partial charge in [-0.2, -0.15) is 0 Å². The lowest BCUT2D eigenvalue weighted by molar-refractivity contribution is 0.100. The minimum absolute atomic E-state index is 0.195. The fourth-order valence-electron chi connectivity index (χ4n) is 1.89. The number of carbonyl (C=O) groups excluding carboxylic acids is 2. The summed E-state index contributed by atoms with van der Waals surface area (Å²) in [5.41, 5.74) is 6.01. The molecule has 5 nitrogen and oxygen atoms in total. The molecule has 0 aliphatic heterocycles. The van der Waals surface area contributed by atoms with Crippen molar-refractivity contribution in [2.45, 2.75) is 0 Å². The second-order valence-corrected chi connectivity index (χ2v) is 4.59. The van der Waals surface area contributed by atoms with Gasteiger partial charge in [-0.15, -0.1) is 0 Å². The normalized spacial score (nSPS) is 10.0. The molecule has 3 N–H and O–H groups in total. The highest BCUT2D eigenvalue weighted by Crippen LogP contribution is 2.27. The number of carbonyl (C=O) groups is 2. The molecule has 21 heavy (non-hydrogen) atoms. The summed E-state index contributed by atoms with van der Waals surface area (Å²) < 4.78 is 5.13. The van der Waals surface area contributed by atoms with Crippen LogP contribution in [0.4, 0.5) is 5.69 Å². The number of nitrogens with two attached hydrogens (primary N) is 1. The molecule has 6 heteroatoms. The second kappa shape index (κ2) is 6.28. The summed E-state index contributed by atoms with van der Waals surface area (Å²) in [6.07, 6.45) is 0. The number of benzene rings is 2. The van der Waals surface area contributed by atoms with Crippen molar-refractivity contribution < 1.29 is 14.3 Å². The maximum Gasteiger partial charge on any atom is 0.260 e. The Balaban J connectivity index is 2.38. The average molecular weight is 305 g/mol. The molecule has 2 amide bonds. The number of halogens is 1. The minimum atomic E-state index is -0.628. The van der Waals surface area contributed by atoms with E-state index in [4.69, 9.17) is 22.1 Å². The molecule has 0 saturated heterocycles. The third kappa shape index (κ3) is 3.14. The zero-order valence-electron chi connectivity index (χ0n) is 11.2. The summed E-state index contributed by atoms with van der Waals surface area (Å²) in [4.78, 5) is 23.7. The number of primary amides is 1. The molecule has 108 valence electrons. The molecule has 2 aromatic carbocycles. The number of ether oxygens (including phenoxy) is 1. The van der Waals surface area contributed by atoms with E-state index in [9.17, 15) is 9.59 Å². The first-order valence-electron chi connectivity index (χ1n) is 6.07. The fourth-order valence-corrected chi connectivity index (χ4v) is 2.14. The van der Waals surface area contributed by atoms with E-state index < -0.39 is 11.8 Å². The number of methoxy groups -OCH3 is 1. The van der Waals surface area contributed by atoms with Crippen LogP contribution in [0.1, 0.15) is 20.7 Å². The molecular weight excluding hydrogens is 292 g/mol. The topological polar surface area (TPSA) is 81.4 Å². The summed E-state index contributed by atoms with van der Waals surface area (Å²) in [5, 5.41) is 2.87. The predicted molar refractivity (Wildman–Crippen MR) is 80.9 cm³/mol. The highest BCUT2D eigenvalue weighted by Gasteiger charge is 2.18. The van der Waals surface area contributed by atoms with E-state index in [1.165, 1.54) is 13.2 Å². The number of hydrogen-bond donors (Lipinski definition) is 2. The van der Waals surface area contributed by atoms with Crippen molar-refractivity contribution in [2.24, 2.45) is 5.73 Å². The molecule has 0 aromatic heterocycles. The van der Waals surface area contributed by atoms with Crippen LogP contribution >= 0.6 is 11.6 Å². The Hall–Kier alpha value is -2.53. The van der Waals surface area contributed by atoms with Gasteiger partial charge in [0.1, 0.15) is 11.3 Å².